The maximum atomic E-state index is 13.7. The van der Waals surface area contributed by atoms with Crippen molar-refractivity contribution in [2.24, 2.45) is 0 Å². The van der Waals surface area contributed by atoms with Gasteiger partial charge in [-0.05, 0) is 24.3 Å². The van der Waals surface area contributed by atoms with Crippen LogP contribution in [-0.2, 0) is 0 Å². The van der Waals surface area contributed by atoms with Gasteiger partial charge in [-0.3, -0.25) is 0 Å². The minimum Gasteiger partial charge on any atom is -0.508 e. The summed E-state index contributed by atoms with van der Waals surface area (Å²) in [5.41, 5.74) is 0.377. The minimum atomic E-state index is -0.656. The fourth-order valence-corrected chi connectivity index (χ4v) is 1.81. The zero-order chi connectivity index (χ0) is 14.1. The van der Waals surface area contributed by atoms with Crippen molar-refractivity contribution in [3.8, 4) is 34.3 Å². The molecule has 0 fully saturated rings. The van der Waals surface area contributed by atoms with Crippen molar-refractivity contribution in [2.75, 3.05) is 0 Å². The number of phenols is 2. The van der Waals surface area contributed by atoms with E-state index in [0.717, 1.165) is 0 Å². The summed E-state index contributed by atoms with van der Waals surface area (Å²) in [6.45, 7) is 0. The van der Waals surface area contributed by atoms with Gasteiger partial charge in [-0.25, -0.2) is 4.39 Å². The van der Waals surface area contributed by atoms with E-state index in [-0.39, 0.29) is 28.8 Å². The molecule has 0 radical (unpaired) electrons. The summed E-state index contributed by atoms with van der Waals surface area (Å²) >= 11 is 0. The predicted octanol–water partition coefficient (Wildman–Crippen LogP) is 2.95. The summed E-state index contributed by atoms with van der Waals surface area (Å²) in [7, 11) is 0. The fraction of sp³-hybridized carbons (Fsp3) is 0. The Bertz CT molecular complexity index is 750. The van der Waals surface area contributed by atoms with Gasteiger partial charge in [-0.2, -0.15) is 4.98 Å². The zero-order valence-corrected chi connectivity index (χ0v) is 10.1. The fourth-order valence-electron chi connectivity index (χ4n) is 1.81. The molecule has 100 valence electrons. The van der Waals surface area contributed by atoms with Crippen LogP contribution in [0.4, 0.5) is 4.39 Å². The first kappa shape index (κ1) is 12.2. The maximum Gasteiger partial charge on any atom is 0.265 e. The normalized spacial score (nSPS) is 10.7. The van der Waals surface area contributed by atoms with Crippen molar-refractivity contribution in [2.45, 2.75) is 0 Å². The van der Waals surface area contributed by atoms with Crippen molar-refractivity contribution < 1.29 is 19.1 Å². The lowest BCUT2D eigenvalue weighted by atomic mass is 10.2. The number of hydrogen-bond donors (Lipinski definition) is 2. The second kappa shape index (κ2) is 4.65. The van der Waals surface area contributed by atoms with Crippen LogP contribution in [0.3, 0.4) is 0 Å². The van der Waals surface area contributed by atoms with Crippen LogP contribution >= 0.6 is 0 Å². The lowest BCUT2D eigenvalue weighted by molar-refractivity contribution is 0.421. The second-order valence-corrected chi connectivity index (χ2v) is 4.11. The molecular formula is C14H9FN2O3. The highest BCUT2D eigenvalue weighted by molar-refractivity contribution is 5.65. The molecule has 0 atom stereocenters. The first-order valence-corrected chi connectivity index (χ1v) is 5.76. The third-order valence-corrected chi connectivity index (χ3v) is 2.74. The molecule has 3 rings (SSSR count). The van der Waals surface area contributed by atoms with Gasteiger partial charge in [0.2, 0.25) is 5.82 Å². The van der Waals surface area contributed by atoms with Gasteiger partial charge in [-0.1, -0.05) is 23.4 Å². The van der Waals surface area contributed by atoms with E-state index in [4.69, 9.17) is 4.52 Å². The Morgan fingerprint density at radius 2 is 1.85 bits per heavy atom. The van der Waals surface area contributed by atoms with Crippen LogP contribution < -0.4 is 0 Å². The largest absolute Gasteiger partial charge is 0.508 e. The van der Waals surface area contributed by atoms with Crippen LogP contribution in [0.1, 0.15) is 0 Å². The van der Waals surface area contributed by atoms with E-state index in [1.165, 1.54) is 30.3 Å². The zero-order valence-electron chi connectivity index (χ0n) is 10.1. The van der Waals surface area contributed by atoms with E-state index >= 15 is 0 Å². The summed E-state index contributed by atoms with van der Waals surface area (Å²) in [6.07, 6.45) is 0. The van der Waals surface area contributed by atoms with Crippen molar-refractivity contribution in [3.63, 3.8) is 0 Å². The summed E-state index contributed by atoms with van der Waals surface area (Å²) in [5, 5.41) is 22.8. The molecule has 5 nitrogen and oxygen atoms in total. The van der Waals surface area contributed by atoms with Crippen LogP contribution in [-0.4, -0.2) is 20.4 Å². The molecule has 0 bridgehead atoms. The summed E-state index contributed by atoms with van der Waals surface area (Å²) in [4.78, 5) is 4.02. The van der Waals surface area contributed by atoms with Crippen LogP contribution in [0, 0.1) is 5.82 Å². The molecule has 0 spiro atoms. The van der Waals surface area contributed by atoms with E-state index in [0.29, 0.717) is 5.56 Å². The van der Waals surface area contributed by atoms with Gasteiger partial charge in [0.1, 0.15) is 22.9 Å². The Morgan fingerprint density at radius 1 is 1.05 bits per heavy atom. The standard InChI is InChI=1S/C14H9FN2O3/c15-10-5-2-6-11(19)12(10)14-16-13(17-20-14)8-3-1-4-9(18)7-8/h1-7,18-19H. The highest BCUT2D eigenvalue weighted by atomic mass is 19.1. The topological polar surface area (TPSA) is 79.4 Å². The molecule has 0 saturated heterocycles. The molecule has 2 N–H and O–H groups in total. The number of phenolic OH excluding ortho intramolecular Hbond substituents is 2. The molecule has 6 heteroatoms. The number of benzene rings is 2. The van der Waals surface area contributed by atoms with Gasteiger partial charge < -0.3 is 14.7 Å². The Balaban J connectivity index is 2.07. The SMILES string of the molecule is Oc1cccc(-c2noc(-c3c(O)cccc3F)n2)c1. The first-order chi connectivity index (χ1) is 9.65. The Morgan fingerprint density at radius 3 is 2.60 bits per heavy atom. The third-order valence-electron chi connectivity index (χ3n) is 2.74. The highest BCUT2D eigenvalue weighted by Crippen LogP contribution is 2.32. The first-order valence-electron chi connectivity index (χ1n) is 5.76. The molecule has 2 aromatic carbocycles. The van der Waals surface area contributed by atoms with Crippen molar-refractivity contribution in [1.29, 1.82) is 0 Å². The van der Waals surface area contributed by atoms with E-state index in [1.54, 1.807) is 12.1 Å². The van der Waals surface area contributed by atoms with Crippen LogP contribution in [0.2, 0.25) is 0 Å². The number of halogens is 1. The van der Waals surface area contributed by atoms with E-state index < -0.39 is 5.82 Å². The van der Waals surface area contributed by atoms with Crippen molar-refractivity contribution in [3.05, 3.63) is 48.3 Å². The third kappa shape index (κ3) is 2.07. The van der Waals surface area contributed by atoms with Gasteiger partial charge in [0, 0.05) is 5.56 Å². The Labute approximate surface area is 112 Å². The van der Waals surface area contributed by atoms with Gasteiger partial charge in [0.25, 0.3) is 5.89 Å². The smallest absolute Gasteiger partial charge is 0.265 e. The van der Waals surface area contributed by atoms with Crippen molar-refractivity contribution in [1.82, 2.24) is 10.1 Å². The van der Waals surface area contributed by atoms with Crippen molar-refractivity contribution >= 4 is 0 Å². The maximum absolute atomic E-state index is 13.7. The monoisotopic (exact) mass is 272 g/mol. The number of hydrogen-bond acceptors (Lipinski definition) is 5. The van der Waals surface area contributed by atoms with Crippen LogP contribution in [0.25, 0.3) is 22.8 Å². The minimum absolute atomic E-state index is 0.0580. The molecule has 0 aliphatic rings. The number of aromatic hydroxyl groups is 2. The predicted molar refractivity (Wildman–Crippen MR) is 68.5 cm³/mol. The number of rotatable bonds is 2. The molecule has 3 aromatic rings. The van der Waals surface area contributed by atoms with E-state index in [2.05, 4.69) is 10.1 Å². The lowest BCUT2D eigenvalue weighted by Gasteiger charge is -1.99. The second-order valence-electron chi connectivity index (χ2n) is 4.11. The Kier molecular flexibility index (Phi) is 2.83. The summed E-state index contributed by atoms with van der Waals surface area (Å²) in [5.74, 6) is -0.813. The molecule has 0 aliphatic carbocycles. The van der Waals surface area contributed by atoms with Gasteiger partial charge in [0.15, 0.2) is 0 Å². The Hall–Kier alpha value is -2.89. The molecular weight excluding hydrogens is 263 g/mol. The van der Waals surface area contributed by atoms with E-state index in [1.807, 2.05) is 0 Å². The van der Waals surface area contributed by atoms with Gasteiger partial charge >= 0.3 is 0 Å². The van der Waals surface area contributed by atoms with Crippen LogP contribution in [0.5, 0.6) is 11.5 Å². The molecule has 0 amide bonds. The molecule has 0 aliphatic heterocycles. The number of nitrogens with zero attached hydrogens (tertiary/aromatic N) is 2. The molecule has 0 saturated carbocycles. The van der Waals surface area contributed by atoms with Crippen LogP contribution in [0.15, 0.2) is 47.0 Å². The molecule has 1 aromatic heterocycles. The van der Waals surface area contributed by atoms with E-state index in [9.17, 15) is 14.6 Å². The average Bonchev–Trinajstić information content (AvgIpc) is 2.88. The lowest BCUT2D eigenvalue weighted by Crippen LogP contribution is -1.85. The summed E-state index contributed by atoms with van der Waals surface area (Å²) < 4.78 is 18.6. The number of aromatic nitrogens is 2. The molecule has 1 heterocycles. The average molecular weight is 272 g/mol. The molecule has 0 unspecified atom stereocenters. The quantitative estimate of drug-likeness (QED) is 0.749. The van der Waals surface area contributed by atoms with Gasteiger partial charge in [-0.15, -0.1) is 0 Å². The molecule has 20 heavy (non-hydrogen) atoms. The van der Waals surface area contributed by atoms with Gasteiger partial charge in [0.05, 0.1) is 0 Å². The highest BCUT2D eigenvalue weighted by Gasteiger charge is 2.18. The summed E-state index contributed by atoms with van der Waals surface area (Å²) in [6, 6.07) is 10.2.